The van der Waals surface area contributed by atoms with Gasteiger partial charge in [-0.05, 0) is 72.3 Å². The van der Waals surface area contributed by atoms with Crippen molar-refractivity contribution < 1.29 is 18.0 Å². The predicted molar refractivity (Wildman–Crippen MR) is 113 cm³/mol. The molecule has 162 valence electrons. The third-order valence-corrected chi connectivity index (χ3v) is 5.83. The van der Waals surface area contributed by atoms with E-state index in [1.807, 2.05) is 6.92 Å². The molecule has 0 saturated carbocycles. The van der Waals surface area contributed by atoms with Crippen LogP contribution in [0.1, 0.15) is 19.4 Å². The average Bonchev–Trinajstić information content (AvgIpc) is 3.22. The van der Waals surface area contributed by atoms with Gasteiger partial charge in [0.15, 0.2) is 0 Å². The van der Waals surface area contributed by atoms with Gasteiger partial charge >= 0.3 is 0 Å². The lowest BCUT2D eigenvalue weighted by atomic mass is 10.1. The first-order chi connectivity index (χ1) is 14.7. The Balaban J connectivity index is 1.66. The second-order valence-corrected chi connectivity index (χ2v) is 8.51. The number of tetrazole rings is 1. The molecular formula is C19H21N7O4S. The van der Waals surface area contributed by atoms with Gasteiger partial charge in [0.2, 0.25) is 21.8 Å². The molecule has 0 bridgehead atoms. The van der Waals surface area contributed by atoms with Crippen LogP contribution in [-0.2, 0) is 19.6 Å². The fraction of sp³-hybridized carbons (Fsp3) is 0.211. The smallest absolute Gasteiger partial charge is 0.242 e. The van der Waals surface area contributed by atoms with Crippen LogP contribution in [0.25, 0.3) is 5.69 Å². The van der Waals surface area contributed by atoms with E-state index in [2.05, 4.69) is 30.9 Å². The highest BCUT2D eigenvalue weighted by atomic mass is 32.2. The molecule has 0 aliphatic heterocycles. The molecular weight excluding hydrogens is 422 g/mol. The molecule has 0 fully saturated rings. The Morgan fingerprint density at radius 2 is 1.71 bits per heavy atom. The lowest BCUT2D eigenvalue weighted by Gasteiger charge is -2.15. The highest BCUT2D eigenvalue weighted by Crippen LogP contribution is 2.18. The zero-order chi connectivity index (χ0) is 22.6. The van der Waals surface area contributed by atoms with Crippen LogP contribution in [0, 0.1) is 6.92 Å². The molecule has 1 atom stereocenters. The summed E-state index contributed by atoms with van der Waals surface area (Å²) in [6.07, 6.45) is 1.46. The number of rotatable bonds is 7. The minimum absolute atomic E-state index is 0.0251. The van der Waals surface area contributed by atoms with Gasteiger partial charge in [-0.3, -0.25) is 9.59 Å². The van der Waals surface area contributed by atoms with Crippen LogP contribution in [0.3, 0.4) is 0 Å². The summed E-state index contributed by atoms with van der Waals surface area (Å²) >= 11 is 0. The second kappa shape index (κ2) is 9.02. The Hall–Kier alpha value is -3.64. The molecule has 3 rings (SSSR count). The number of anilines is 2. The topological polar surface area (TPSA) is 148 Å². The Kier molecular flexibility index (Phi) is 6.42. The maximum atomic E-state index is 12.6. The summed E-state index contributed by atoms with van der Waals surface area (Å²) in [6.45, 7) is 4.64. The maximum Gasteiger partial charge on any atom is 0.242 e. The molecule has 0 radical (unpaired) electrons. The molecule has 0 aliphatic rings. The summed E-state index contributed by atoms with van der Waals surface area (Å²) in [5, 5.41) is 16.2. The van der Waals surface area contributed by atoms with Gasteiger partial charge < -0.3 is 10.6 Å². The van der Waals surface area contributed by atoms with Crippen LogP contribution < -0.4 is 15.4 Å². The number of nitrogens with one attached hydrogen (secondary N) is 3. The SMILES string of the molecule is CC(=O)Nc1ccc(S(=O)(=O)N[C@@H](C)C(=O)Nc2ccc(-n3cnnn3)c(C)c2)cc1. The minimum atomic E-state index is -3.94. The number of hydrogen-bond donors (Lipinski definition) is 3. The van der Waals surface area contributed by atoms with Crippen molar-refractivity contribution in [2.24, 2.45) is 0 Å². The molecule has 2 aromatic carbocycles. The Labute approximate surface area is 178 Å². The zero-order valence-corrected chi connectivity index (χ0v) is 17.8. The third kappa shape index (κ3) is 5.49. The van der Waals surface area contributed by atoms with Crippen LogP contribution in [0.5, 0.6) is 0 Å². The van der Waals surface area contributed by atoms with Crippen molar-refractivity contribution >= 4 is 33.2 Å². The third-order valence-electron chi connectivity index (χ3n) is 4.27. The number of benzene rings is 2. The van der Waals surface area contributed by atoms with Crippen LogP contribution in [0.4, 0.5) is 11.4 Å². The van der Waals surface area contributed by atoms with Crippen molar-refractivity contribution in [3.63, 3.8) is 0 Å². The lowest BCUT2D eigenvalue weighted by molar-refractivity contribution is -0.117. The van der Waals surface area contributed by atoms with Crippen LogP contribution >= 0.6 is 0 Å². The number of carbonyl (C=O) groups excluding carboxylic acids is 2. The van der Waals surface area contributed by atoms with E-state index in [0.29, 0.717) is 11.4 Å². The minimum Gasteiger partial charge on any atom is -0.326 e. The summed E-state index contributed by atoms with van der Waals surface area (Å²) in [6, 6.07) is 9.75. The number of hydrogen-bond acceptors (Lipinski definition) is 7. The van der Waals surface area contributed by atoms with Crippen molar-refractivity contribution in [3.8, 4) is 5.69 Å². The number of aromatic nitrogens is 4. The summed E-state index contributed by atoms with van der Waals surface area (Å²) < 4.78 is 29.0. The summed E-state index contributed by atoms with van der Waals surface area (Å²) in [4.78, 5) is 23.5. The van der Waals surface area contributed by atoms with Crippen LogP contribution in [-0.4, -0.2) is 46.5 Å². The fourth-order valence-corrected chi connectivity index (χ4v) is 3.99. The van der Waals surface area contributed by atoms with Gasteiger partial charge in [0.05, 0.1) is 16.6 Å². The molecule has 0 saturated heterocycles. The summed E-state index contributed by atoms with van der Waals surface area (Å²) in [7, 11) is -3.94. The monoisotopic (exact) mass is 443 g/mol. The van der Waals surface area contributed by atoms with E-state index in [1.54, 1.807) is 18.2 Å². The van der Waals surface area contributed by atoms with Gasteiger partial charge in [-0.2, -0.15) is 4.72 Å². The van der Waals surface area contributed by atoms with E-state index >= 15 is 0 Å². The van der Waals surface area contributed by atoms with E-state index in [1.165, 1.54) is 49.1 Å². The summed E-state index contributed by atoms with van der Waals surface area (Å²) in [5.74, 6) is -0.784. The van der Waals surface area contributed by atoms with Crippen molar-refractivity contribution in [3.05, 3.63) is 54.4 Å². The predicted octanol–water partition coefficient (Wildman–Crippen LogP) is 1.23. The van der Waals surface area contributed by atoms with Gasteiger partial charge in [0.1, 0.15) is 6.33 Å². The van der Waals surface area contributed by atoms with Gasteiger partial charge in [0.25, 0.3) is 0 Å². The molecule has 0 aliphatic carbocycles. The van der Waals surface area contributed by atoms with Gasteiger partial charge in [-0.15, -0.1) is 5.10 Å². The molecule has 1 aromatic heterocycles. The Morgan fingerprint density at radius 1 is 1.03 bits per heavy atom. The molecule has 0 spiro atoms. The van der Waals surface area contributed by atoms with E-state index in [0.717, 1.165) is 11.3 Å². The van der Waals surface area contributed by atoms with Crippen LogP contribution in [0.15, 0.2) is 53.7 Å². The van der Waals surface area contributed by atoms with E-state index in [-0.39, 0.29) is 10.8 Å². The first-order valence-corrected chi connectivity index (χ1v) is 10.7. The van der Waals surface area contributed by atoms with E-state index in [4.69, 9.17) is 0 Å². The average molecular weight is 443 g/mol. The number of amides is 2. The Bertz CT molecular complexity index is 1190. The fourth-order valence-electron chi connectivity index (χ4n) is 2.79. The molecule has 3 aromatic rings. The number of aryl methyl sites for hydroxylation is 1. The van der Waals surface area contributed by atoms with Crippen molar-refractivity contribution in [2.75, 3.05) is 10.6 Å². The van der Waals surface area contributed by atoms with Crippen molar-refractivity contribution in [1.82, 2.24) is 24.9 Å². The Morgan fingerprint density at radius 3 is 2.29 bits per heavy atom. The van der Waals surface area contributed by atoms with E-state index in [9.17, 15) is 18.0 Å². The largest absolute Gasteiger partial charge is 0.326 e. The highest BCUT2D eigenvalue weighted by Gasteiger charge is 2.22. The van der Waals surface area contributed by atoms with Crippen molar-refractivity contribution in [1.29, 1.82) is 0 Å². The molecule has 12 heteroatoms. The highest BCUT2D eigenvalue weighted by molar-refractivity contribution is 7.89. The van der Waals surface area contributed by atoms with Gasteiger partial charge in [-0.25, -0.2) is 13.1 Å². The first-order valence-electron chi connectivity index (χ1n) is 9.20. The molecule has 2 amide bonds. The molecule has 31 heavy (non-hydrogen) atoms. The zero-order valence-electron chi connectivity index (χ0n) is 17.0. The molecule has 1 heterocycles. The van der Waals surface area contributed by atoms with E-state index < -0.39 is 22.0 Å². The molecule has 0 unspecified atom stereocenters. The van der Waals surface area contributed by atoms with Gasteiger partial charge in [-0.1, -0.05) is 0 Å². The van der Waals surface area contributed by atoms with Crippen LogP contribution in [0.2, 0.25) is 0 Å². The maximum absolute atomic E-state index is 12.6. The quantitative estimate of drug-likeness (QED) is 0.497. The number of carbonyl (C=O) groups is 2. The normalized spacial score (nSPS) is 12.2. The van der Waals surface area contributed by atoms with Crippen molar-refractivity contribution in [2.45, 2.75) is 31.7 Å². The first kappa shape index (κ1) is 22.1. The van der Waals surface area contributed by atoms with Gasteiger partial charge in [0, 0.05) is 18.3 Å². The number of sulfonamides is 1. The second-order valence-electron chi connectivity index (χ2n) is 6.79. The lowest BCUT2D eigenvalue weighted by Crippen LogP contribution is -2.41. The molecule has 11 nitrogen and oxygen atoms in total. The summed E-state index contributed by atoms with van der Waals surface area (Å²) in [5.41, 5.74) is 2.54. The standard InChI is InChI=1S/C19H21N7O4S/c1-12-10-16(6-9-18(12)26-11-20-24-25-26)22-19(28)13(2)23-31(29,30)17-7-4-15(5-8-17)21-14(3)27/h4-11,13,23H,1-3H3,(H,21,27)(H,22,28)/t13-/m0/s1. The number of nitrogens with zero attached hydrogens (tertiary/aromatic N) is 4. The molecule has 3 N–H and O–H groups in total.